The zero-order chi connectivity index (χ0) is 18.8. The van der Waals surface area contributed by atoms with Crippen LogP contribution in [0.1, 0.15) is 39.2 Å². The molecule has 0 unspecified atom stereocenters. The third-order valence-electron chi connectivity index (χ3n) is 6.61. The molecule has 136 valence electrons. The van der Waals surface area contributed by atoms with E-state index in [0.29, 0.717) is 12.8 Å². The zero-order valence-electron chi connectivity index (χ0n) is 14.1. The minimum absolute atomic E-state index is 0.0528. The Balaban J connectivity index is 2.02. The van der Waals surface area contributed by atoms with Gasteiger partial charge in [0.15, 0.2) is 5.78 Å². The van der Waals surface area contributed by atoms with E-state index in [9.17, 15) is 22.8 Å². The predicted octanol–water partition coefficient (Wildman–Crippen LogP) is 4.80. The minimum Gasteiger partial charge on any atom is -0.325 e. The van der Waals surface area contributed by atoms with Gasteiger partial charge in [-0.1, -0.05) is 48.8 Å². The molecule has 2 aliphatic rings. The van der Waals surface area contributed by atoms with Crippen molar-refractivity contribution in [2.45, 2.75) is 44.6 Å². The summed E-state index contributed by atoms with van der Waals surface area (Å²) in [5.74, 6) is -0.589. The van der Waals surface area contributed by atoms with Crippen molar-refractivity contribution in [1.29, 1.82) is 0 Å². The van der Waals surface area contributed by atoms with Crippen LogP contribution >= 0.6 is 15.9 Å². The lowest BCUT2D eigenvalue weighted by molar-refractivity contribution is -0.137. The lowest BCUT2D eigenvalue weighted by Crippen LogP contribution is -2.48. The fourth-order valence-electron chi connectivity index (χ4n) is 4.53. The van der Waals surface area contributed by atoms with E-state index < -0.39 is 38.7 Å². The van der Waals surface area contributed by atoms with Crippen LogP contribution in [-0.2, 0) is 15.8 Å². The number of hydrogen-bond donors (Lipinski definition) is 1. The number of fused-ring (bicyclic) bond motifs is 2. The Morgan fingerprint density at radius 3 is 2.32 bits per heavy atom. The summed E-state index contributed by atoms with van der Waals surface area (Å²) in [5.41, 5.74) is -3.58. The quantitative estimate of drug-likeness (QED) is 0.702. The van der Waals surface area contributed by atoms with Crippen LogP contribution in [-0.4, -0.2) is 16.5 Å². The molecule has 2 aliphatic carbocycles. The van der Waals surface area contributed by atoms with Crippen molar-refractivity contribution in [3.63, 3.8) is 0 Å². The number of Topliss-reactive ketones (excluding diaryl/α,β-unsaturated/α-hetero) is 1. The Morgan fingerprint density at radius 2 is 1.80 bits per heavy atom. The first kappa shape index (κ1) is 18.4. The van der Waals surface area contributed by atoms with Gasteiger partial charge in [0, 0.05) is 5.41 Å². The van der Waals surface area contributed by atoms with Gasteiger partial charge in [-0.25, -0.2) is 0 Å². The number of amides is 1. The Morgan fingerprint density at radius 1 is 1.20 bits per heavy atom. The number of alkyl halides is 4. The molecule has 7 heteroatoms. The average Bonchev–Trinajstić information content (AvgIpc) is 2.79. The summed E-state index contributed by atoms with van der Waals surface area (Å²) in [5, 5.41) is 2.46. The molecule has 0 radical (unpaired) electrons. The monoisotopic (exact) mass is 417 g/mol. The highest BCUT2D eigenvalue weighted by molar-refractivity contribution is 9.10. The van der Waals surface area contributed by atoms with Crippen LogP contribution < -0.4 is 5.32 Å². The zero-order valence-corrected chi connectivity index (χ0v) is 15.7. The van der Waals surface area contributed by atoms with Gasteiger partial charge in [0.1, 0.15) is 0 Å². The fourth-order valence-corrected chi connectivity index (χ4v) is 6.04. The van der Waals surface area contributed by atoms with Crippen molar-refractivity contribution < 1.29 is 22.8 Å². The number of anilines is 1. The Kier molecular flexibility index (Phi) is 3.92. The Labute approximate surface area is 152 Å². The first-order chi connectivity index (χ1) is 11.4. The van der Waals surface area contributed by atoms with Gasteiger partial charge in [0.25, 0.3) is 0 Å². The van der Waals surface area contributed by atoms with E-state index in [1.807, 2.05) is 20.8 Å². The molecular formula is C18H19BrF3NO2. The molecule has 25 heavy (non-hydrogen) atoms. The number of para-hydroxylation sites is 1. The number of nitrogens with one attached hydrogen (secondary N) is 1. The van der Waals surface area contributed by atoms with Crippen molar-refractivity contribution in [3.05, 3.63) is 29.8 Å². The molecule has 0 saturated heterocycles. The molecule has 3 rings (SSSR count). The van der Waals surface area contributed by atoms with Crippen molar-refractivity contribution >= 4 is 33.3 Å². The lowest BCUT2D eigenvalue weighted by Gasteiger charge is -2.39. The standard InChI is InChI=1S/C18H19BrF3NO2/c1-15(2)16(3)8-9-17(15,12(19)13(16)24)14(25)23-11-7-5-4-6-10(11)18(20,21)22/h4-7,12H,8-9H2,1-3H3,(H,23,25)/t12-,16+,17+/m1/s1. The summed E-state index contributed by atoms with van der Waals surface area (Å²) in [6.45, 7) is 5.55. The van der Waals surface area contributed by atoms with Crippen LogP contribution in [0.3, 0.4) is 0 Å². The summed E-state index contributed by atoms with van der Waals surface area (Å²) >= 11 is 3.37. The van der Waals surface area contributed by atoms with Gasteiger partial charge >= 0.3 is 6.18 Å². The molecule has 3 atom stereocenters. The Hall–Kier alpha value is -1.37. The minimum atomic E-state index is -4.57. The van der Waals surface area contributed by atoms with E-state index in [2.05, 4.69) is 21.2 Å². The molecule has 1 N–H and O–H groups in total. The molecular weight excluding hydrogens is 399 g/mol. The van der Waals surface area contributed by atoms with Crippen LogP contribution in [0.4, 0.5) is 18.9 Å². The number of carbonyl (C=O) groups is 2. The SMILES string of the molecule is CC1(C)[C@@]2(C)CC[C@@]1(C(=O)Nc1ccccc1C(F)(F)F)[C@H](Br)C2=O. The number of carbonyl (C=O) groups excluding carboxylic acids is 2. The molecule has 1 aromatic carbocycles. The highest BCUT2D eigenvalue weighted by Crippen LogP contribution is 2.72. The molecule has 0 heterocycles. The molecule has 1 aromatic rings. The van der Waals surface area contributed by atoms with E-state index in [4.69, 9.17) is 0 Å². The second-order valence-electron chi connectivity index (χ2n) is 7.65. The largest absolute Gasteiger partial charge is 0.418 e. The topological polar surface area (TPSA) is 46.2 Å². The molecule has 0 aliphatic heterocycles. The summed E-state index contributed by atoms with van der Waals surface area (Å²) in [4.78, 5) is 25.1. The number of benzene rings is 1. The normalized spacial score (nSPS) is 33.6. The summed E-state index contributed by atoms with van der Waals surface area (Å²) < 4.78 is 39.6. The molecule has 1 amide bonds. The molecule has 0 aromatic heterocycles. The van der Waals surface area contributed by atoms with Crippen molar-refractivity contribution in [1.82, 2.24) is 0 Å². The van der Waals surface area contributed by atoms with E-state index in [0.717, 1.165) is 6.07 Å². The van der Waals surface area contributed by atoms with Crippen molar-refractivity contribution in [2.75, 3.05) is 5.32 Å². The predicted molar refractivity (Wildman–Crippen MR) is 91.4 cm³/mol. The van der Waals surface area contributed by atoms with Gasteiger partial charge in [-0.3, -0.25) is 9.59 Å². The highest BCUT2D eigenvalue weighted by Gasteiger charge is 2.76. The van der Waals surface area contributed by atoms with E-state index >= 15 is 0 Å². The molecule has 2 bridgehead atoms. The first-order valence-corrected chi connectivity index (χ1v) is 8.97. The third kappa shape index (κ3) is 2.17. The Bertz CT molecular complexity index is 761. The number of hydrogen-bond acceptors (Lipinski definition) is 2. The van der Waals surface area contributed by atoms with Gasteiger partial charge in [-0.15, -0.1) is 0 Å². The van der Waals surface area contributed by atoms with Crippen molar-refractivity contribution in [2.24, 2.45) is 16.2 Å². The van der Waals surface area contributed by atoms with Gasteiger partial charge in [-0.05, 0) is 30.4 Å². The van der Waals surface area contributed by atoms with Crippen LogP contribution in [0.2, 0.25) is 0 Å². The maximum absolute atomic E-state index is 13.2. The first-order valence-electron chi connectivity index (χ1n) is 8.06. The van der Waals surface area contributed by atoms with Gasteiger partial charge < -0.3 is 5.32 Å². The van der Waals surface area contributed by atoms with Gasteiger partial charge in [0.2, 0.25) is 5.91 Å². The molecule has 2 saturated carbocycles. The van der Waals surface area contributed by atoms with Crippen LogP contribution in [0.15, 0.2) is 24.3 Å². The maximum atomic E-state index is 13.2. The summed E-state index contributed by atoms with van der Waals surface area (Å²) in [6, 6.07) is 4.89. The molecule has 0 spiro atoms. The summed E-state index contributed by atoms with van der Waals surface area (Å²) in [7, 11) is 0. The second-order valence-corrected chi connectivity index (χ2v) is 8.57. The van der Waals surface area contributed by atoms with E-state index in [-0.39, 0.29) is 11.5 Å². The number of halogens is 4. The summed E-state index contributed by atoms with van der Waals surface area (Å²) in [6.07, 6.45) is -3.56. The fraction of sp³-hybridized carbons (Fsp3) is 0.556. The molecule has 2 fully saturated rings. The van der Waals surface area contributed by atoms with Crippen molar-refractivity contribution in [3.8, 4) is 0 Å². The van der Waals surface area contributed by atoms with E-state index in [1.165, 1.54) is 18.2 Å². The number of rotatable bonds is 2. The van der Waals surface area contributed by atoms with Gasteiger partial charge in [-0.2, -0.15) is 13.2 Å². The van der Waals surface area contributed by atoms with Crippen LogP contribution in [0.5, 0.6) is 0 Å². The average molecular weight is 418 g/mol. The van der Waals surface area contributed by atoms with Crippen LogP contribution in [0, 0.1) is 16.2 Å². The van der Waals surface area contributed by atoms with E-state index in [1.54, 1.807) is 0 Å². The van der Waals surface area contributed by atoms with Gasteiger partial charge in [0.05, 0.1) is 21.5 Å². The number of ketones is 1. The lowest BCUT2D eigenvalue weighted by atomic mass is 9.64. The smallest absolute Gasteiger partial charge is 0.325 e. The highest BCUT2D eigenvalue weighted by atomic mass is 79.9. The third-order valence-corrected chi connectivity index (χ3v) is 7.80. The maximum Gasteiger partial charge on any atom is 0.418 e. The molecule has 3 nitrogen and oxygen atoms in total. The van der Waals surface area contributed by atoms with Crippen LogP contribution in [0.25, 0.3) is 0 Å². The second kappa shape index (κ2) is 5.32.